The van der Waals surface area contributed by atoms with Gasteiger partial charge >= 0.3 is 0 Å². The minimum Gasteiger partial charge on any atom is -0.309 e. The van der Waals surface area contributed by atoms with Gasteiger partial charge in [-0.25, -0.2) is 0 Å². The zero-order chi connectivity index (χ0) is 13.3. The number of hydrogen-bond acceptors (Lipinski definition) is 4. The van der Waals surface area contributed by atoms with E-state index in [0.717, 1.165) is 20.3 Å². The molecule has 6 heteroatoms. The van der Waals surface area contributed by atoms with Crippen LogP contribution in [0.5, 0.6) is 0 Å². The fourth-order valence-corrected chi connectivity index (χ4v) is 3.01. The van der Waals surface area contributed by atoms with E-state index in [1.165, 1.54) is 11.8 Å². The summed E-state index contributed by atoms with van der Waals surface area (Å²) in [7, 11) is 1.91. The van der Waals surface area contributed by atoms with Crippen LogP contribution in [0.4, 0.5) is 0 Å². The highest BCUT2D eigenvalue weighted by Gasteiger charge is 2.13. The van der Waals surface area contributed by atoms with Gasteiger partial charge in [0.05, 0.1) is 0 Å². The maximum atomic E-state index is 11.6. The Bertz CT molecular complexity index is 609. The molecule has 4 nitrogen and oxygen atoms in total. The summed E-state index contributed by atoms with van der Waals surface area (Å²) in [6.07, 6.45) is 0. The second kappa shape index (κ2) is 5.24. The Labute approximate surface area is 118 Å². The van der Waals surface area contributed by atoms with Gasteiger partial charge in [0.1, 0.15) is 5.82 Å². The highest BCUT2D eigenvalue weighted by Crippen LogP contribution is 2.31. The summed E-state index contributed by atoms with van der Waals surface area (Å²) in [5.74, 6) is 0.890. The van der Waals surface area contributed by atoms with Gasteiger partial charge in [-0.05, 0) is 43.8 Å². The summed E-state index contributed by atoms with van der Waals surface area (Å²) in [4.78, 5) is 12.5. The SMILES string of the molecule is CC(=O)c1ccc(Br)cc1Sc1nnc(C)n1C. The molecule has 94 valence electrons. The van der Waals surface area contributed by atoms with Crippen molar-refractivity contribution >= 4 is 33.5 Å². The largest absolute Gasteiger partial charge is 0.309 e. The number of halogens is 1. The van der Waals surface area contributed by atoms with E-state index in [1.807, 2.05) is 36.7 Å². The summed E-state index contributed by atoms with van der Waals surface area (Å²) < 4.78 is 2.84. The number of Topliss-reactive ketones (excluding diaryl/α,β-unsaturated/α-hetero) is 1. The predicted octanol–water partition coefficient (Wildman–Crippen LogP) is 3.24. The Morgan fingerprint density at radius 2 is 2.11 bits per heavy atom. The van der Waals surface area contributed by atoms with Gasteiger partial charge < -0.3 is 4.57 Å². The molecule has 1 heterocycles. The summed E-state index contributed by atoms with van der Waals surface area (Å²) in [6, 6.07) is 5.60. The minimum atomic E-state index is 0.0453. The smallest absolute Gasteiger partial charge is 0.195 e. The summed E-state index contributed by atoms with van der Waals surface area (Å²) in [6.45, 7) is 3.46. The number of aryl methyl sites for hydroxylation is 1. The lowest BCUT2D eigenvalue weighted by atomic mass is 10.1. The molecule has 0 amide bonds. The number of carbonyl (C=O) groups is 1. The minimum absolute atomic E-state index is 0.0453. The first-order valence-corrected chi connectivity index (χ1v) is 6.94. The first-order valence-electron chi connectivity index (χ1n) is 5.33. The average Bonchev–Trinajstić information content (AvgIpc) is 2.61. The predicted molar refractivity (Wildman–Crippen MR) is 74.0 cm³/mol. The molecule has 0 radical (unpaired) electrons. The summed E-state index contributed by atoms with van der Waals surface area (Å²) in [5, 5.41) is 8.87. The van der Waals surface area contributed by atoms with Crippen LogP contribution in [0.25, 0.3) is 0 Å². The van der Waals surface area contributed by atoms with Crippen molar-refractivity contribution in [1.82, 2.24) is 14.8 Å². The number of hydrogen-bond donors (Lipinski definition) is 0. The van der Waals surface area contributed by atoms with Gasteiger partial charge in [-0.1, -0.05) is 15.9 Å². The number of nitrogens with zero attached hydrogens (tertiary/aromatic N) is 3. The monoisotopic (exact) mass is 325 g/mol. The van der Waals surface area contributed by atoms with E-state index >= 15 is 0 Å². The normalized spacial score (nSPS) is 10.7. The summed E-state index contributed by atoms with van der Waals surface area (Å²) >= 11 is 4.86. The zero-order valence-electron chi connectivity index (χ0n) is 10.3. The Hall–Kier alpha value is -1.14. The van der Waals surface area contributed by atoms with Gasteiger partial charge in [0.15, 0.2) is 10.9 Å². The Balaban J connectivity index is 2.42. The molecule has 2 rings (SSSR count). The van der Waals surface area contributed by atoms with Crippen molar-refractivity contribution in [2.24, 2.45) is 7.05 Å². The molecule has 18 heavy (non-hydrogen) atoms. The molecule has 0 unspecified atom stereocenters. The lowest BCUT2D eigenvalue weighted by Gasteiger charge is -2.06. The van der Waals surface area contributed by atoms with E-state index in [1.54, 1.807) is 6.92 Å². The van der Waals surface area contributed by atoms with Crippen LogP contribution in [0.3, 0.4) is 0 Å². The fourth-order valence-electron chi connectivity index (χ4n) is 1.45. The van der Waals surface area contributed by atoms with Gasteiger partial charge in [0.25, 0.3) is 0 Å². The molecule has 0 aliphatic rings. The molecule has 0 aliphatic carbocycles. The van der Waals surface area contributed by atoms with Crippen molar-refractivity contribution in [3.63, 3.8) is 0 Å². The van der Waals surface area contributed by atoms with Crippen molar-refractivity contribution in [2.75, 3.05) is 0 Å². The maximum Gasteiger partial charge on any atom is 0.195 e. The Morgan fingerprint density at radius 3 is 2.67 bits per heavy atom. The van der Waals surface area contributed by atoms with E-state index in [-0.39, 0.29) is 5.78 Å². The lowest BCUT2D eigenvalue weighted by Crippen LogP contribution is -1.97. The fraction of sp³-hybridized carbons (Fsp3) is 0.250. The third kappa shape index (κ3) is 2.64. The molecule has 2 aromatic rings. The molecular formula is C12H12BrN3OS. The van der Waals surface area contributed by atoms with Crippen LogP contribution >= 0.6 is 27.7 Å². The van der Waals surface area contributed by atoms with Gasteiger partial charge in [-0.3, -0.25) is 4.79 Å². The quantitative estimate of drug-likeness (QED) is 0.813. The number of benzene rings is 1. The van der Waals surface area contributed by atoms with Gasteiger partial charge in [0.2, 0.25) is 0 Å². The molecule has 0 saturated carbocycles. The van der Waals surface area contributed by atoms with Crippen LogP contribution in [0.1, 0.15) is 23.1 Å². The number of aromatic nitrogens is 3. The van der Waals surface area contributed by atoms with Crippen molar-refractivity contribution in [1.29, 1.82) is 0 Å². The first-order chi connectivity index (χ1) is 8.49. The van der Waals surface area contributed by atoms with E-state index in [4.69, 9.17) is 0 Å². The van der Waals surface area contributed by atoms with Crippen molar-refractivity contribution in [2.45, 2.75) is 23.9 Å². The molecule has 0 N–H and O–H groups in total. The second-order valence-corrected chi connectivity index (χ2v) is 5.81. The molecule has 0 saturated heterocycles. The molecule has 0 spiro atoms. The van der Waals surface area contributed by atoms with E-state index in [0.29, 0.717) is 5.56 Å². The van der Waals surface area contributed by atoms with E-state index in [9.17, 15) is 4.79 Å². The zero-order valence-corrected chi connectivity index (χ0v) is 12.7. The van der Waals surface area contributed by atoms with E-state index in [2.05, 4.69) is 26.1 Å². The van der Waals surface area contributed by atoms with Crippen LogP contribution in [-0.2, 0) is 7.05 Å². The molecule has 1 aromatic carbocycles. The number of ketones is 1. The van der Waals surface area contributed by atoms with Crippen LogP contribution in [0.15, 0.2) is 32.7 Å². The van der Waals surface area contributed by atoms with Crippen LogP contribution in [-0.4, -0.2) is 20.5 Å². The molecule has 0 fully saturated rings. The van der Waals surface area contributed by atoms with Gasteiger partial charge in [0, 0.05) is 22.0 Å². The molecule has 0 atom stereocenters. The molecule has 0 bridgehead atoms. The average molecular weight is 326 g/mol. The Morgan fingerprint density at radius 1 is 1.39 bits per heavy atom. The standard InChI is InChI=1S/C12H12BrN3OS/c1-7(17)10-5-4-9(13)6-11(10)18-12-15-14-8(2)16(12)3/h4-6H,1-3H3. The first kappa shape index (κ1) is 13.3. The second-order valence-electron chi connectivity index (χ2n) is 3.89. The third-order valence-corrected chi connectivity index (χ3v) is 4.17. The molecule has 1 aromatic heterocycles. The van der Waals surface area contributed by atoms with Crippen molar-refractivity contribution in [3.8, 4) is 0 Å². The van der Waals surface area contributed by atoms with Crippen molar-refractivity contribution < 1.29 is 4.79 Å². The van der Waals surface area contributed by atoms with Crippen LogP contribution in [0, 0.1) is 6.92 Å². The van der Waals surface area contributed by atoms with Gasteiger partial charge in [-0.15, -0.1) is 10.2 Å². The van der Waals surface area contributed by atoms with Gasteiger partial charge in [-0.2, -0.15) is 0 Å². The number of rotatable bonds is 3. The highest BCUT2D eigenvalue weighted by atomic mass is 79.9. The lowest BCUT2D eigenvalue weighted by molar-refractivity contribution is 0.101. The number of carbonyl (C=O) groups excluding carboxylic acids is 1. The third-order valence-electron chi connectivity index (χ3n) is 2.58. The molecule has 0 aliphatic heterocycles. The van der Waals surface area contributed by atoms with Crippen molar-refractivity contribution in [3.05, 3.63) is 34.1 Å². The topological polar surface area (TPSA) is 47.8 Å². The Kier molecular flexibility index (Phi) is 3.87. The maximum absolute atomic E-state index is 11.6. The van der Waals surface area contributed by atoms with Crippen LogP contribution < -0.4 is 0 Å². The highest BCUT2D eigenvalue weighted by molar-refractivity contribution is 9.10. The van der Waals surface area contributed by atoms with Crippen LogP contribution in [0.2, 0.25) is 0 Å². The van der Waals surface area contributed by atoms with E-state index < -0.39 is 0 Å². The molecular weight excluding hydrogens is 314 g/mol. The summed E-state index contributed by atoms with van der Waals surface area (Å²) in [5.41, 5.74) is 0.698.